The number of ether oxygens (including phenoxy) is 3. The van der Waals surface area contributed by atoms with Gasteiger partial charge in [0.2, 0.25) is 5.82 Å². The molecule has 0 fully saturated rings. The third-order valence-electron chi connectivity index (χ3n) is 5.62. The molecule has 0 saturated carbocycles. The fourth-order valence-electron chi connectivity index (χ4n) is 3.84. The van der Waals surface area contributed by atoms with Gasteiger partial charge in [-0.05, 0) is 55.0 Å². The van der Waals surface area contributed by atoms with Crippen molar-refractivity contribution in [2.24, 2.45) is 0 Å². The van der Waals surface area contributed by atoms with E-state index in [4.69, 9.17) is 31.0 Å². The van der Waals surface area contributed by atoms with Crippen LogP contribution in [0.3, 0.4) is 0 Å². The van der Waals surface area contributed by atoms with Crippen LogP contribution in [0.15, 0.2) is 52.7 Å². The van der Waals surface area contributed by atoms with Gasteiger partial charge in [-0.15, -0.1) is 0 Å². The molecule has 34 heavy (non-hydrogen) atoms. The second kappa shape index (κ2) is 10.2. The average molecular weight is 485 g/mol. The van der Waals surface area contributed by atoms with E-state index in [1.807, 2.05) is 17.9 Å². The lowest BCUT2D eigenvalue weighted by atomic mass is 9.95. The molecule has 3 aromatic rings. The second-order valence-corrected chi connectivity index (χ2v) is 7.96. The quantitative estimate of drug-likeness (QED) is 0.473. The summed E-state index contributed by atoms with van der Waals surface area (Å²) in [6.07, 6.45) is 0. The fraction of sp³-hybridized carbons (Fsp3) is 0.292. The van der Waals surface area contributed by atoms with Gasteiger partial charge in [-0.3, -0.25) is 0 Å². The molecule has 4 rings (SSSR count). The van der Waals surface area contributed by atoms with Crippen LogP contribution in [0.1, 0.15) is 24.4 Å². The van der Waals surface area contributed by atoms with Crippen LogP contribution in [0.25, 0.3) is 17.0 Å². The molecule has 1 aliphatic heterocycles. The van der Waals surface area contributed by atoms with Crippen LogP contribution < -0.4 is 14.8 Å². The van der Waals surface area contributed by atoms with Crippen molar-refractivity contribution >= 4 is 22.9 Å². The molecular weight excluding hydrogens is 459 g/mol. The van der Waals surface area contributed by atoms with Crippen molar-refractivity contribution in [3.63, 3.8) is 0 Å². The first-order valence-electron chi connectivity index (χ1n) is 10.6. The van der Waals surface area contributed by atoms with Gasteiger partial charge >= 0.3 is 0 Å². The smallest absolute Gasteiger partial charge is 0.258 e. The Hall–Kier alpha value is -3.50. The lowest BCUT2D eigenvalue weighted by molar-refractivity contribution is 0.183. The summed E-state index contributed by atoms with van der Waals surface area (Å²) in [6.45, 7) is 2.97. The number of thiocarbonyl (C=S) groups is 1. The number of methoxy groups -OCH3 is 3. The Labute approximate surface area is 202 Å². The third-order valence-corrected chi connectivity index (χ3v) is 5.96. The van der Waals surface area contributed by atoms with E-state index in [2.05, 4.69) is 15.5 Å². The topological polar surface area (TPSA) is 81.9 Å². The van der Waals surface area contributed by atoms with Gasteiger partial charge in [-0.25, -0.2) is 4.39 Å². The van der Waals surface area contributed by atoms with Crippen molar-refractivity contribution in [2.45, 2.75) is 13.0 Å². The lowest BCUT2D eigenvalue weighted by Gasteiger charge is -2.37. The molecule has 1 aliphatic rings. The highest BCUT2D eigenvalue weighted by Gasteiger charge is 2.34. The molecule has 1 atom stereocenters. The predicted molar refractivity (Wildman–Crippen MR) is 129 cm³/mol. The molecule has 0 aliphatic carbocycles. The van der Waals surface area contributed by atoms with E-state index in [1.165, 1.54) is 12.1 Å². The number of halogens is 1. The molecule has 0 saturated heterocycles. The van der Waals surface area contributed by atoms with Gasteiger partial charge in [-0.2, -0.15) is 4.98 Å². The number of nitrogens with zero attached hydrogens (tertiary/aromatic N) is 3. The minimum Gasteiger partial charge on any atom is -0.493 e. The van der Waals surface area contributed by atoms with E-state index in [0.717, 1.165) is 16.8 Å². The molecule has 1 aromatic heterocycles. The molecule has 0 amide bonds. The summed E-state index contributed by atoms with van der Waals surface area (Å²) < 4.78 is 35.3. The predicted octanol–water partition coefficient (Wildman–Crippen LogP) is 4.20. The highest BCUT2D eigenvalue weighted by atomic mass is 32.1. The van der Waals surface area contributed by atoms with Gasteiger partial charge < -0.3 is 29.0 Å². The number of hydrogen-bond donors (Lipinski definition) is 1. The molecule has 2 heterocycles. The van der Waals surface area contributed by atoms with Crippen LogP contribution in [0.5, 0.6) is 11.5 Å². The molecule has 2 aromatic carbocycles. The van der Waals surface area contributed by atoms with Gasteiger partial charge in [0.25, 0.3) is 5.89 Å². The highest BCUT2D eigenvalue weighted by molar-refractivity contribution is 7.80. The van der Waals surface area contributed by atoms with Crippen LogP contribution in [0.2, 0.25) is 0 Å². The number of rotatable bonds is 8. The molecular formula is C24H25FN4O4S. The van der Waals surface area contributed by atoms with Gasteiger partial charge in [0.15, 0.2) is 16.6 Å². The molecule has 1 N–H and O–H groups in total. The Balaban J connectivity index is 1.78. The second-order valence-electron chi connectivity index (χ2n) is 7.57. The standard InChI is InChI=1S/C24H25FN4O4S/c1-14-20(23-27-22(28-33-23)16-7-10-18(31-3)19(13-16)32-4)21(15-5-8-17(25)9-6-15)26-24(34)29(14)11-12-30-2/h5-10,13,21H,11-12H2,1-4H3,(H,26,34). The first-order valence-corrected chi connectivity index (χ1v) is 11.0. The zero-order chi connectivity index (χ0) is 24.2. The monoisotopic (exact) mass is 484 g/mol. The van der Waals surface area contributed by atoms with Crippen molar-refractivity contribution in [3.8, 4) is 22.9 Å². The number of allylic oxidation sites excluding steroid dienone is 1. The zero-order valence-electron chi connectivity index (χ0n) is 19.3. The van der Waals surface area contributed by atoms with Gasteiger partial charge in [-0.1, -0.05) is 17.3 Å². The Morgan fingerprint density at radius 3 is 2.50 bits per heavy atom. The lowest BCUT2D eigenvalue weighted by Crippen LogP contribution is -2.47. The molecule has 8 nitrogen and oxygen atoms in total. The normalized spacial score (nSPS) is 16.0. The van der Waals surface area contributed by atoms with Crippen molar-refractivity contribution in [2.75, 3.05) is 34.5 Å². The summed E-state index contributed by atoms with van der Waals surface area (Å²) in [7, 11) is 4.77. The van der Waals surface area contributed by atoms with E-state index in [1.54, 1.807) is 45.6 Å². The molecule has 178 valence electrons. The highest BCUT2D eigenvalue weighted by Crippen LogP contribution is 2.38. The summed E-state index contributed by atoms with van der Waals surface area (Å²) in [6, 6.07) is 11.2. The summed E-state index contributed by atoms with van der Waals surface area (Å²) in [5, 5.41) is 8.06. The number of benzene rings is 2. The molecule has 0 radical (unpaired) electrons. The first kappa shape index (κ1) is 23.7. The van der Waals surface area contributed by atoms with Gasteiger partial charge in [0.1, 0.15) is 5.82 Å². The zero-order valence-corrected chi connectivity index (χ0v) is 20.1. The summed E-state index contributed by atoms with van der Waals surface area (Å²) in [5.74, 6) is 1.56. The van der Waals surface area contributed by atoms with Crippen LogP contribution >= 0.6 is 12.2 Å². The molecule has 0 spiro atoms. The molecule has 1 unspecified atom stereocenters. The Kier molecular flexibility index (Phi) is 7.09. The maximum atomic E-state index is 13.6. The van der Waals surface area contributed by atoms with Gasteiger partial charge in [0, 0.05) is 24.9 Å². The Morgan fingerprint density at radius 1 is 1.09 bits per heavy atom. The van der Waals surface area contributed by atoms with E-state index in [0.29, 0.717) is 47.0 Å². The number of aromatic nitrogens is 2. The van der Waals surface area contributed by atoms with E-state index < -0.39 is 6.04 Å². The summed E-state index contributed by atoms with van der Waals surface area (Å²) >= 11 is 5.62. The van der Waals surface area contributed by atoms with Crippen molar-refractivity contribution in [1.29, 1.82) is 0 Å². The van der Waals surface area contributed by atoms with E-state index >= 15 is 0 Å². The SMILES string of the molecule is COCCN1C(=S)NC(c2ccc(F)cc2)C(c2nc(-c3ccc(OC)c(OC)c3)no2)=C1C. The van der Waals surface area contributed by atoms with Gasteiger partial charge in [0.05, 0.1) is 32.4 Å². The van der Waals surface area contributed by atoms with Crippen molar-refractivity contribution in [3.05, 3.63) is 65.4 Å². The first-order chi connectivity index (χ1) is 16.5. The minimum absolute atomic E-state index is 0.320. The molecule has 0 bridgehead atoms. The Morgan fingerprint density at radius 2 is 1.82 bits per heavy atom. The number of hydrogen-bond acceptors (Lipinski definition) is 7. The van der Waals surface area contributed by atoms with Crippen LogP contribution in [-0.4, -0.2) is 54.6 Å². The van der Waals surface area contributed by atoms with Crippen LogP contribution in [0.4, 0.5) is 4.39 Å². The fourth-order valence-corrected chi connectivity index (χ4v) is 4.19. The van der Waals surface area contributed by atoms with Crippen LogP contribution in [0, 0.1) is 5.82 Å². The third kappa shape index (κ3) is 4.59. The summed E-state index contributed by atoms with van der Waals surface area (Å²) in [4.78, 5) is 6.60. The largest absolute Gasteiger partial charge is 0.493 e. The van der Waals surface area contributed by atoms with Crippen molar-refractivity contribution < 1.29 is 23.1 Å². The van der Waals surface area contributed by atoms with E-state index in [-0.39, 0.29) is 5.82 Å². The maximum absolute atomic E-state index is 13.6. The van der Waals surface area contributed by atoms with Crippen molar-refractivity contribution in [1.82, 2.24) is 20.4 Å². The summed E-state index contributed by atoms with van der Waals surface area (Å²) in [5.41, 5.74) is 3.11. The van der Waals surface area contributed by atoms with Crippen LogP contribution in [-0.2, 0) is 4.74 Å². The number of nitrogens with one attached hydrogen (secondary N) is 1. The maximum Gasteiger partial charge on any atom is 0.258 e. The minimum atomic E-state index is -0.398. The van der Waals surface area contributed by atoms with E-state index in [9.17, 15) is 4.39 Å². The Bertz CT molecular complexity index is 1210. The molecule has 10 heteroatoms. The average Bonchev–Trinajstić information content (AvgIpc) is 3.33.